The minimum Gasteiger partial charge on any atom is -0.466 e. The summed E-state index contributed by atoms with van der Waals surface area (Å²) in [5, 5.41) is 2.83. The van der Waals surface area contributed by atoms with Gasteiger partial charge in [-0.15, -0.1) is 0 Å². The molecule has 0 fully saturated rings. The SMILES string of the molecule is COC(=O)/C=C/Nc1ccc(F)c(C)c1. The van der Waals surface area contributed by atoms with E-state index in [-0.39, 0.29) is 5.82 Å². The van der Waals surface area contributed by atoms with E-state index in [1.807, 2.05) is 0 Å². The van der Waals surface area contributed by atoms with Crippen molar-refractivity contribution in [2.45, 2.75) is 6.92 Å². The van der Waals surface area contributed by atoms with E-state index in [4.69, 9.17) is 0 Å². The molecule has 1 N–H and O–H groups in total. The Bertz CT molecular complexity index is 388. The molecular formula is C11H12FNO2. The molecule has 0 aliphatic heterocycles. The molecule has 0 saturated heterocycles. The fraction of sp³-hybridized carbons (Fsp3) is 0.182. The molecule has 80 valence electrons. The van der Waals surface area contributed by atoms with Gasteiger partial charge in [-0.1, -0.05) is 0 Å². The van der Waals surface area contributed by atoms with Crippen LogP contribution in [0.1, 0.15) is 5.56 Å². The summed E-state index contributed by atoms with van der Waals surface area (Å²) in [5.41, 5.74) is 1.26. The van der Waals surface area contributed by atoms with Crippen molar-refractivity contribution in [1.29, 1.82) is 0 Å². The van der Waals surface area contributed by atoms with Crippen molar-refractivity contribution in [1.82, 2.24) is 0 Å². The van der Waals surface area contributed by atoms with Crippen LogP contribution in [0, 0.1) is 12.7 Å². The molecule has 0 saturated carbocycles. The standard InChI is InChI=1S/C11H12FNO2/c1-8-7-9(3-4-10(8)12)13-6-5-11(14)15-2/h3-7,13H,1-2H3/b6-5+. The third-order valence-corrected chi connectivity index (χ3v) is 1.83. The van der Waals surface area contributed by atoms with Gasteiger partial charge < -0.3 is 10.1 Å². The van der Waals surface area contributed by atoms with Gasteiger partial charge in [0, 0.05) is 18.0 Å². The van der Waals surface area contributed by atoms with Gasteiger partial charge in [0.05, 0.1) is 7.11 Å². The molecule has 3 nitrogen and oxygen atoms in total. The minimum absolute atomic E-state index is 0.252. The van der Waals surface area contributed by atoms with Crippen molar-refractivity contribution < 1.29 is 13.9 Å². The summed E-state index contributed by atoms with van der Waals surface area (Å²) in [6.07, 6.45) is 2.69. The van der Waals surface area contributed by atoms with Crippen molar-refractivity contribution in [3.8, 4) is 0 Å². The molecule has 15 heavy (non-hydrogen) atoms. The molecule has 0 amide bonds. The quantitative estimate of drug-likeness (QED) is 0.612. The van der Waals surface area contributed by atoms with Crippen molar-refractivity contribution >= 4 is 11.7 Å². The third-order valence-electron chi connectivity index (χ3n) is 1.83. The second kappa shape index (κ2) is 5.14. The predicted octanol–water partition coefficient (Wildman–Crippen LogP) is 2.23. The molecule has 1 aromatic rings. The largest absolute Gasteiger partial charge is 0.466 e. The van der Waals surface area contributed by atoms with E-state index in [1.54, 1.807) is 19.1 Å². The second-order valence-corrected chi connectivity index (χ2v) is 2.96. The molecule has 0 aliphatic rings. The van der Waals surface area contributed by atoms with Gasteiger partial charge in [0.15, 0.2) is 0 Å². The summed E-state index contributed by atoms with van der Waals surface area (Å²) >= 11 is 0. The highest BCUT2D eigenvalue weighted by Crippen LogP contribution is 2.13. The Balaban J connectivity index is 2.62. The van der Waals surface area contributed by atoms with Gasteiger partial charge in [0.2, 0.25) is 0 Å². The van der Waals surface area contributed by atoms with Crippen molar-refractivity contribution in [2.75, 3.05) is 12.4 Å². The number of nitrogens with one attached hydrogen (secondary N) is 1. The maximum atomic E-state index is 12.9. The van der Waals surface area contributed by atoms with Gasteiger partial charge in [-0.2, -0.15) is 0 Å². The van der Waals surface area contributed by atoms with E-state index in [0.29, 0.717) is 11.3 Å². The van der Waals surface area contributed by atoms with Crippen LogP contribution in [0.25, 0.3) is 0 Å². The Morgan fingerprint density at radius 1 is 1.53 bits per heavy atom. The van der Waals surface area contributed by atoms with E-state index < -0.39 is 5.97 Å². The van der Waals surface area contributed by atoms with Gasteiger partial charge in [-0.05, 0) is 30.7 Å². The normalized spacial score (nSPS) is 10.3. The summed E-state index contributed by atoms with van der Waals surface area (Å²) in [6.45, 7) is 1.67. The molecule has 1 aromatic carbocycles. The van der Waals surface area contributed by atoms with Crippen LogP contribution in [0.15, 0.2) is 30.5 Å². The first-order valence-electron chi connectivity index (χ1n) is 4.40. The van der Waals surface area contributed by atoms with Gasteiger partial charge in [0.1, 0.15) is 5.82 Å². The number of hydrogen-bond acceptors (Lipinski definition) is 3. The number of aryl methyl sites for hydroxylation is 1. The highest BCUT2D eigenvalue weighted by atomic mass is 19.1. The number of carbonyl (C=O) groups excluding carboxylic acids is 1. The Kier molecular flexibility index (Phi) is 3.85. The topological polar surface area (TPSA) is 38.3 Å². The summed E-state index contributed by atoms with van der Waals surface area (Å²) in [5.74, 6) is -0.696. The van der Waals surface area contributed by atoms with Crippen LogP contribution in [0.5, 0.6) is 0 Å². The fourth-order valence-electron chi connectivity index (χ4n) is 1.01. The van der Waals surface area contributed by atoms with Crippen LogP contribution in [0.2, 0.25) is 0 Å². The molecule has 1 rings (SSSR count). The zero-order valence-electron chi connectivity index (χ0n) is 8.58. The van der Waals surface area contributed by atoms with E-state index in [9.17, 15) is 9.18 Å². The van der Waals surface area contributed by atoms with E-state index in [2.05, 4.69) is 10.1 Å². The van der Waals surface area contributed by atoms with Crippen LogP contribution < -0.4 is 5.32 Å². The molecule has 0 aromatic heterocycles. The van der Waals surface area contributed by atoms with Gasteiger partial charge in [-0.25, -0.2) is 9.18 Å². The monoisotopic (exact) mass is 209 g/mol. The second-order valence-electron chi connectivity index (χ2n) is 2.96. The first kappa shape index (κ1) is 11.2. The Morgan fingerprint density at radius 2 is 2.27 bits per heavy atom. The minimum atomic E-state index is -0.443. The Labute approximate surface area is 87.6 Å². The molecule has 0 heterocycles. The average molecular weight is 209 g/mol. The summed E-state index contributed by atoms with van der Waals surface area (Å²) in [4.78, 5) is 10.7. The lowest BCUT2D eigenvalue weighted by Gasteiger charge is -2.02. The maximum Gasteiger partial charge on any atom is 0.331 e. The lowest BCUT2D eigenvalue weighted by Crippen LogP contribution is -1.96. The van der Waals surface area contributed by atoms with Crippen LogP contribution in [-0.4, -0.2) is 13.1 Å². The van der Waals surface area contributed by atoms with Crippen LogP contribution in [-0.2, 0) is 9.53 Å². The first-order valence-corrected chi connectivity index (χ1v) is 4.40. The smallest absolute Gasteiger partial charge is 0.331 e. The number of methoxy groups -OCH3 is 1. The van der Waals surface area contributed by atoms with E-state index in [1.165, 1.54) is 25.5 Å². The number of esters is 1. The number of halogens is 1. The lowest BCUT2D eigenvalue weighted by atomic mass is 10.2. The Hall–Kier alpha value is -1.84. The molecule has 0 atom stereocenters. The van der Waals surface area contributed by atoms with Crippen LogP contribution >= 0.6 is 0 Å². The number of anilines is 1. The summed E-state index contributed by atoms with van der Waals surface area (Å²) in [6, 6.07) is 4.60. The van der Waals surface area contributed by atoms with Crippen molar-refractivity contribution in [3.05, 3.63) is 41.9 Å². The molecule has 0 unspecified atom stereocenters. The third kappa shape index (κ3) is 3.42. The summed E-state index contributed by atoms with van der Waals surface area (Å²) in [7, 11) is 1.30. The van der Waals surface area contributed by atoms with Crippen molar-refractivity contribution in [3.63, 3.8) is 0 Å². The molecule has 4 heteroatoms. The number of ether oxygens (including phenoxy) is 1. The number of benzene rings is 1. The fourth-order valence-corrected chi connectivity index (χ4v) is 1.01. The average Bonchev–Trinajstić information content (AvgIpc) is 2.23. The van der Waals surface area contributed by atoms with E-state index >= 15 is 0 Å². The zero-order chi connectivity index (χ0) is 11.3. The summed E-state index contributed by atoms with van der Waals surface area (Å²) < 4.78 is 17.3. The highest BCUT2D eigenvalue weighted by Gasteiger charge is 1.97. The maximum absolute atomic E-state index is 12.9. The number of rotatable bonds is 3. The number of carbonyl (C=O) groups is 1. The molecule has 0 aliphatic carbocycles. The van der Waals surface area contributed by atoms with Gasteiger partial charge in [0.25, 0.3) is 0 Å². The van der Waals surface area contributed by atoms with Crippen LogP contribution in [0.4, 0.5) is 10.1 Å². The lowest BCUT2D eigenvalue weighted by molar-refractivity contribution is -0.134. The molecule has 0 radical (unpaired) electrons. The molecule has 0 spiro atoms. The zero-order valence-corrected chi connectivity index (χ0v) is 8.58. The Morgan fingerprint density at radius 3 is 2.87 bits per heavy atom. The van der Waals surface area contributed by atoms with Crippen LogP contribution in [0.3, 0.4) is 0 Å². The van der Waals surface area contributed by atoms with E-state index in [0.717, 1.165) is 0 Å². The van der Waals surface area contributed by atoms with Gasteiger partial charge in [-0.3, -0.25) is 0 Å². The van der Waals surface area contributed by atoms with Gasteiger partial charge >= 0.3 is 5.97 Å². The number of hydrogen-bond donors (Lipinski definition) is 1. The molecular weight excluding hydrogens is 197 g/mol. The molecule has 0 bridgehead atoms. The van der Waals surface area contributed by atoms with Crippen molar-refractivity contribution in [2.24, 2.45) is 0 Å². The predicted molar refractivity (Wildman–Crippen MR) is 55.9 cm³/mol. The highest BCUT2D eigenvalue weighted by molar-refractivity contribution is 5.82. The first-order chi connectivity index (χ1) is 7.13.